The van der Waals surface area contributed by atoms with Crippen molar-refractivity contribution in [3.05, 3.63) is 26.3 Å². The molecule has 0 radical (unpaired) electrons. The van der Waals surface area contributed by atoms with E-state index in [2.05, 4.69) is 51.7 Å². The fourth-order valence-corrected chi connectivity index (χ4v) is 3.01. The van der Waals surface area contributed by atoms with E-state index in [1.165, 1.54) is 0 Å². The average Bonchev–Trinajstić information content (AvgIpc) is 2.60. The fourth-order valence-electron chi connectivity index (χ4n) is 1.25. The first kappa shape index (κ1) is 12.9. The molecule has 0 aliphatic carbocycles. The number of hydrogen-bond donors (Lipinski definition) is 0. The summed E-state index contributed by atoms with van der Waals surface area (Å²) in [7, 11) is 0. The largest absolute Gasteiger partial charge is 0.238 e. The summed E-state index contributed by atoms with van der Waals surface area (Å²) < 4.78 is 0.970. The average molecular weight is 333 g/mol. The van der Waals surface area contributed by atoms with Gasteiger partial charge in [-0.15, -0.1) is 11.3 Å². The van der Waals surface area contributed by atoms with E-state index in [1.54, 1.807) is 23.6 Å². The molecule has 2 heterocycles. The maximum Gasteiger partial charge on any atom is 0.222 e. The molecule has 0 N–H and O–H groups in total. The number of rotatable bonds is 1. The molecule has 0 saturated heterocycles. The summed E-state index contributed by atoms with van der Waals surface area (Å²) in [5, 5.41) is 1.30. The summed E-state index contributed by atoms with van der Waals surface area (Å²) in [6, 6.07) is 1.80. The first-order valence-corrected chi connectivity index (χ1v) is 7.02. The molecule has 2 aromatic heterocycles. The lowest BCUT2D eigenvalue weighted by atomic mass is 9.98. The molecule has 2 rings (SSSR count). The van der Waals surface area contributed by atoms with Crippen LogP contribution in [0.25, 0.3) is 11.4 Å². The van der Waals surface area contributed by atoms with E-state index in [-0.39, 0.29) is 10.7 Å². The lowest BCUT2D eigenvalue weighted by Gasteiger charge is -2.13. The molecule has 0 amide bonds. The van der Waals surface area contributed by atoms with E-state index in [9.17, 15) is 0 Å². The van der Waals surface area contributed by atoms with Crippen LogP contribution in [0.4, 0.5) is 0 Å². The molecule has 2 aromatic rings. The SMILES string of the molecule is CC(C)(C)c1nc(-c2ccnc(Cl)n2)c(Br)s1. The molecule has 3 nitrogen and oxygen atoms in total. The van der Waals surface area contributed by atoms with E-state index < -0.39 is 0 Å². The first-order chi connectivity index (χ1) is 7.88. The van der Waals surface area contributed by atoms with Crippen LogP contribution in [-0.4, -0.2) is 15.0 Å². The van der Waals surface area contributed by atoms with Gasteiger partial charge < -0.3 is 0 Å². The second kappa shape index (κ2) is 4.63. The van der Waals surface area contributed by atoms with E-state index in [4.69, 9.17) is 11.6 Å². The molecule has 0 aliphatic rings. The Morgan fingerprint density at radius 2 is 2.00 bits per heavy atom. The highest BCUT2D eigenvalue weighted by molar-refractivity contribution is 9.11. The van der Waals surface area contributed by atoms with E-state index in [0.29, 0.717) is 0 Å². The van der Waals surface area contributed by atoms with Gasteiger partial charge in [-0.25, -0.2) is 15.0 Å². The molecule has 6 heteroatoms. The molecule has 90 valence electrons. The van der Waals surface area contributed by atoms with Crippen molar-refractivity contribution in [3.63, 3.8) is 0 Å². The minimum absolute atomic E-state index is 0.0300. The van der Waals surface area contributed by atoms with E-state index >= 15 is 0 Å². The van der Waals surface area contributed by atoms with E-state index in [1.807, 2.05) is 0 Å². The van der Waals surface area contributed by atoms with Crippen molar-refractivity contribution in [2.45, 2.75) is 26.2 Å². The second-order valence-electron chi connectivity index (χ2n) is 4.60. The molecule has 0 unspecified atom stereocenters. The van der Waals surface area contributed by atoms with Gasteiger partial charge in [0.2, 0.25) is 5.28 Å². The Labute approximate surface area is 117 Å². The molecule has 0 aromatic carbocycles. The van der Waals surface area contributed by atoms with Crippen LogP contribution < -0.4 is 0 Å². The Bertz CT molecular complexity index is 548. The van der Waals surface area contributed by atoms with Crippen LogP contribution in [0.1, 0.15) is 25.8 Å². The normalized spacial score (nSPS) is 11.8. The number of nitrogens with zero attached hydrogens (tertiary/aromatic N) is 3. The molecule has 0 bridgehead atoms. The highest BCUT2D eigenvalue weighted by Gasteiger charge is 2.21. The van der Waals surface area contributed by atoms with Crippen molar-refractivity contribution >= 4 is 38.9 Å². The Morgan fingerprint density at radius 3 is 2.53 bits per heavy atom. The maximum absolute atomic E-state index is 5.78. The quantitative estimate of drug-likeness (QED) is 0.730. The highest BCUT2D eigenvalue weighted by atomic mass is 79.9. The van der Waals surface area contributed by atoms with Crippen LogP contribution >= 0.6 is 38.9 Å². The van der Waals surface area contributed by atoms with Crippen LogP contribution in [0.3, 0.4) is 0 Å². The molecule has 0 fully saturated rings. The number of hydrogen-bond acceptors (Lipinski definition) is 4. The minimum atomic E-state index is 0.0300. The zero-order valence-electron chi connectivity index (χ0n) is 9.66. The Balaban J connectivity index is 2.50. The highest BCUT2D eigenvalue weighted by Crippen LogP contribution is 2.37. The summed E-state index contributed by atoms with van der Waals surface area (Å²) in [6.07, 6.45) is 1.63. The molecular weight excluding hydrogens is 322 g/mol. The standard InChI is InChI=1S/C11H11BrClN3S/c1-11(2,3)9-16-7(8(12)17-9)6-4-5-14-10(13)15-6/h4-5H,1-3H3. The summed E-state index contributed by atoms with van der Waals surface area (Å²) in [5.74, 6) is 0. The van der Waals surface area contributed by atoms with Gasteiger partial charge in [-0.3, -0.25) is 0 Å². The third-order valence-corrected chi connectivity index (χ3v) is 4.41. The number of aromatic nitrogens is 3. The van der Waals surface area contributed by atoms with Gasteiger partial charge >= 0.3 is 0 Å². The maximum atomic E-state index is 5.78. The van der Waals surface area contributed by atoms with Crippen LogP contribution in [-0.2, 0) is 5.41 Å². The molecule has 0 saturated carbocycles. The molecule has 17 heavy (non-hydrogen) atoms. The third kappa shape index (κ3) is 2.84. The summed E-state index contributed by atoms with van der Waals surface area (Å²) in [5.41, 5.74) is 1.59. The van der Waals surface area contributed by atoms with Crippen molar-refractivity contribution in [2.24, 2.45) is 0 Å². The lowest BCUT2D eigenvalue weighted by molar-refractivity contribution is 0.586. The summed E-state index contributed by atoms with van der Waals surface area (Å²) in [4.78, 5) is 12.6. The van der Waals surface area contributed by atoms with E-state index in [0.717, 1.165) is 20.2 Å². The van der Waals surface area contributed by atoms with Crippen molar-refractivity contribution in [1.82, 2.24) is 15.0 Å². The predicted molar refractivity (Wildman–Crippen MR) is 74.6 cm³/mol. The van der Waals surface area contributed by atoms with Gasteiger partial charge in [0.1, 0.15) is 5.69 Å². The molecule has 0 spiro atoms. The molecular formula is C11H11BrClN3S. The Kier molecular flexibility index (Phi) is 3.52. The van der Waals surface area contributed by atoms with Crippen molar-refractivity contribution in [2.75, 3.05) is 0 Å². The number of thiazole rings is 1. The van der Waals surface area contributed by atoms with Crippen molar-refractivity contribution in [1.29, 1.82) is 0 Å². The topological polar surface area (TPSA) is 38.7 Å². The van der Waals surface area contributed by atoms with Gasteiger partial charge in [0.05, 0.1) is 14.5 Å². The predicted octanol–water partition coefficient (Wildman–Crippen LogP) is 4.31. The van der Waals surface area contributed by atoms with Gasteiger partial charge in [0.25, 0.3) is 0 Å². The monoisotopic (exact) mass is 331 g/mol. The Hall–Kier alpha value is -0.520. The van der Waals surface area contributed by atoms with Gasteiger partial charge in [0, 0.05) is 11.6 Å². The fraction of sp³-hybridized carbons (Fsp3) is 0.364. The van der Waals surface area contributed by atoms with Crippen LogP contribution in [0.2, 0.25) is 5.28 Å². The summed E-state index contributed by atoms with van der Waals surface area (Å²) in [6.45, 7) is 6.40. The van der Waals surface area contributed by atoms with Crippen molar-refractivity contribution < 1.29 is 0 Å². The molecule has 0 aliphatic heterocycles. The van der Waals surface area contributed by atoms with Gasteiger partial charge in [-0.1, -0.05) is 20.8 Å². The molecule has 0 atom stereocenters. The first-order valence-electron chi connectivity index (χ1n) is 5.03. The van der Waals surface area contributed by atoms with Crippen LogP contribution in [0, 0.1) is 0 Å². The smallest absolute Gasteiger partial charge is 0.222 e. The second-order valence-corrected chi connectivity index (χ2v) is 7.26. The number of halogens is 2. The van der Waals surface area contributed by atoms with Gasteiger partial charge in [-0.05, 0) is 33.6 Å². The third-order valence-electron chi connectivity index (χ3n) is 2.10. The van der Waals surface area contributed by atoms with Crippen LogP contribution in [0.15, 0.2) is 16.0 Å². The van der Waals surface area contributed by atoms with Crippen molar-refractivity contribution in [3.8, 4) is 11.4 Å². The summed E-state index contributed by atoms with van der Waals surface area (Å²) >= 11 is 10.9. The zero-order valence-corrected chi connectivity index (χ0v) is 12.8. The lowest BCUT2D eigenvalue weighted by Crippen LogP contribution is -2.10. The van der Waals surface area contributed by atoms with Gasteiger partial charge in [0.15, 0.2) is 0 Å². The minimum Gasteiger partial charge on any atom is -0.238 e. The Morgan fingerprint density at radius 1 is 1.29 bits per heavy atom. The van der Waals surface area contributed by atoms with Crippen LogP contribution in [0.5, 0.6) is 0 Å². The zero-order chi connectivity index (χ0) is 12.6. The van der Waals surface area contributed by atoms with Gasteiger partial charge in [-0.2, -0.15) is 0 Å².